The fraction of sp³-hybridized carbons (Fsp3) is 0.378. The van der Waals surface area contributed by atoms with Gasteiger partial charge in [0.2, 0.25) is 17.7 Å². The first-order valence-electron chi connectivity index (χ1n) is 16.5. The molecule has 12 heteroatoms. The molecule has 0 fully saturated rings. The van der Waals surface area contributed by atoms with Crippen LogP contribution in [0.5, 0.6) is 0 Å². The van der Waals surface area contributed by atoms with Gasteiger partial charge in [0, 0.05) is 31.6 Å². The van der Waals surface area contributed by atoms with Crippen LogP contribution in [0.2, 0.25) is 0 Å². The van der Waals surface area contributed by atoms with Crippen molar-refractivity contribution < 1.29 is 32.8 Å². The molecular weight excluding hydrogens is 632 g/mol. The van der Waals surface area contributed by atoms with Crippen LogP contribution < -0.4 is 21.3 Å². The van der Waals surface area contributed by atoms with Crippen LogP contribution in [0.4, 0.5) is 8.78 Å². The highest BCUT2D eigenvalue weighted by atomic mass is 19.1. The third-order valence-electron chi connectivity index (χ3n) is 8.20. The minimum absolute atomic E-state index is 0.000208. The lowest BCUT2D eigenvalue weighted by Crippen LogP contribution is -2.57. The molecular formula is C37H43F2N5O5. The zero-order valence-electron chi connectivity index (χ0n) is 27.9. The van der Waals surface area contributed by atoms with E-state index < -0.39 is 64.9 Å². The maximum Gasteiger partial charge on any atom is 0.260 e. The molecule has 0 spiro atoms. The van der Waals surface area contributed by atoms with Crippen molar-refractivity contribution in [3.8, 4) is 0 Å². The molecule has 5 rings (SSSR count). The van der Waals surface area contributed by atoms with Gasteiger partial charge in [0.05, 0.1) is 0 Å². The molecule has 0 unspecified atom stereocenters. The van der Waals surface area contributed by atoms with E-state index >= 15 is 0 Å². The van der Waals surface area contributed by atoms with Gasteiger partial charge in [-0.25, -0.2) is 8.78 Å². The Morgan fingerprint density at radius 3 is 2.10 bits per heavy atom. The van der Waals surface area contributed by atoms with E-state index in [1.807, 2.05) is 44.2 Å². The number of rotatable bonds is 5. The van der Waals surface area contributed by atoms with Gasteiger partial charge in [-0.1, -0.05) is 62.4 Å². The predicted molar refractivity (Wildman–Crippen MR) is 180 cm³/mol. The van der Waals surface area contributed by atoms with Crippen LogP contribution in [0.1, 0.15) is 71.9 Å². The minimum atomic E-state index is -1.05. The second-order valence-electron chi connectivity index (χ2n) is 12.7. The van der Waals surface area contributed by atoms with Crippen molar-refractivity contribution in [1.29, 1.82) is 0 Å². The van der Waals surface area contributed by atoms with Crippen LogP contribution in [0, 0.1) is 17.6 Å². The molecule has 10 nitrogen and oxygen atoms in total. The van der Waals surface area contributed by atoms with Crippen LogP contribution in [0.3, 0.4) is 0 Å². The van der Waals surface area contributed by atoms with Gasteiger partial charge in [-0.15, -0.1) is 0 Å². The molecule has 5 amide bonds. The molecule has 3 atom stereocenters. The quantitative estimate of drug-likeness (QED) is 0.305. The number of carbonyl (C=O) groups is 5. The fourth-order valence-corrected chi connectivity index (χ4v) is 5.54. The van der Waals surface area contributed by atoms with Crippen molar-refractivity contribution >= 4 is 29.5 Å². The molecule has 0 aromatic heterocycles. The highest BCUT2D eigenvalue weighted by molar-refractivity contribution is 5.99. The summed E-state index contributed by atoms with van der Waals surface area (Å²) >= 11 is 0. The van der Waals surface area contributed by atoms with Crippen LogP contribution >= 0.6 is 0 Å². The third kappa shape index (κ3) is 10.4. The van der Waals surface area contributed by atoms with Crippen molar-refractivity contribution in [3.63, 3.8) is 0 Å². The normalized spacial score (nSPS) is 20.1. The van der Waals surface area contributed by atoms with E-state index in [4.69, 9.17) is 0 Å². The summed E-state index contributed by atoms with van der Waals surface area (Å²) in [7, 11) is 0. The van der Waals surface area contributed by atoms with Crippen molar-refractivity contribution in [2.45, 2.75) is 71.1 Å². The Morgan fingerprint density at radius 1 is 0.796 bits per heavy atom. The third-order valence-corrected chi connectivity index (χ3v) is 8.20. The van der Waals surface area contributed by atoms with Gasteiger partial charge >= 0.3 is 0 Å². The van der Waals surface area contributed by atoms with Crippen LogP contribution in [0.25, 0.3) is 0 Å². The van der Waals surface area contributed by atoms with Crippen molar-refractivity contribution in [1.82, 2.24) is 26.2 Å². The number of benzene rings is 3. The Labute approximate surface area is 285 Å². The molecule has 3 aromatic rings. The maximum absolute atomic E-state index is 14.6. The molecule has 2 bridgehead atoms. The van der Waals surface area contributed by atoms with Gasteiger partial charge in [0.25, 0.3) is 11.8 Å². The summed E-state index contributed by atoms with van der Waals surface area (Å²) in [5.41, 5.74) is 0.971. The molecule has 3 aromatic carbocycles. The first kappa shape index (κ1) is 36.7. The van der Waals surface area contributed by atoms with Crippen molar-refractivity contribution in [2.75, 3.05) is 13.1 Å². The Morgan fingerprint density at radius 2 is 1.45 bits per heavy atom. The monoisotopic (exact) mass is 675 g/mol. The van der Waals surface area contributed by atoms with E-state index in [-0.39, 0.29) is 37.5 Å². The largest absolute Gasteiger partial charge is 0.354 e. The molecule has 4 N–H and O–H groups in total. The molecule has 0 saturated heterocycles. The summed E-state index contributed by atoms with van der Waals surface area (Å²) in [5.74, 6) is -4.84. The van der Waals surface area contributed by atoms with Gasteiger partial charge in [0.1, 0.15) is 35.3 Å². The zero-order chi connectivity index (χ0) is 35.5. The van der Waals surface area contributed by atoms with Crippen molar-refractivity contribution in [3.05, 3.63) is 107 Å². The van der Waals surface area contributed by atoms with E-state index in [0.29, 0.717) is 24.8 Å². The molecule has 260 valence electrons. The second-order valence-corrected chi connectivity index (χ2v) is 12.7. The van der Waals surface area contributed by atoms with Crippen LogP contribution in [0.15, 0.2) is 72.8 Å². The maximum atomic E-state index is 14.6. The number of carbonyl (C=O) groups excluding carboxylic acids is 5. The number of hydrogen-bond acceptors (Lipinski definition) is 5. The zero-order valence-corrected chi connectivity index (χ0v) is 27.9. The summed E-state index contributed by atoms with van der Waals surface area (Å²) in [4.78, 5) is 68.1. The molecule has 0 aliphatic carbocycles. The molecule has 2 aliphatic rings. The van der Waals surface area contributed by atoms with E-state index in [9.17, 15) is 32.8 Å². The molecule has 2 aliphatic heterocycles. The Balaban J connectivity index is 1.64. The molecule has 0 saturated carbocycles. The molecule has 0 radical (unpaired) electrons. The average Bonchev–Trinajstić information content (AvgIpc) is 3.06. The standard InChI is InChI=1S/C37H43F2N5O5/c1-23(2)20-30-35(47)41-24(3)33(45)40-18-7-8-19-44(37(49)32-28(38)12-9-13-29(32)39)22-26-14-16-27(17-15-26)34(46)42-31(36(48)43-30)21-25-10-5-4-6-11-25/h4-6,9-17,23-24,30-31H,7-8,18-22H2,1-3H3,(H,40,45)(H,41,47)(H,42,46)(H,43,48)/t24-,30+,31-/m1/s1. The van der Waals surface area contributed by atoms with Gasteiger partial charge in [-0.2, -0.15) is 0 Å². The molecule has 49 heavy (non-hydrogen) atoms. The average molecular weight is 676 g/mol. The highest BCUT2D eigenvalue weighted by Crippen LogP contribution is 2.18. The lowest BCUT2D eigenvalue weighted by Gasteiger charge is -2.25. The topological polar surface area (TPSA) is 137 Å². The number of nitrogens with zero attached hydrogens (tertiary/aromatic N) is 1. The molecule has 2 heterocycles. The van der Waals surface area contributed by atoms with Gasteiger partial charge in [-0.3, -0.25) is 24.0 Å². The summed E-state index contributed by atoms with van der Waals surface area (Å²) < 4.78 is 29.2. The lowest BCUT2D eigenvalue weighted by molar-refractivity contribution is -0.132. The Kier molecular flexibility index (Phi) is 13.0. The smallest absolute Gasteiger partial charge is 0.260 e. The first-order chi connectivity index (χ1) is 23.4. The minimum Gasteiger partial charge on any atom is -0.354 e. The number of fused-ring (bicyclic) bond motifs is 18. The van der Waals surface area contributed by atoms with Crippen LogP contribution in [-0.2, 0) is 27.3 Å². The van der Waals surface area contributed by atoms with E-state index in [1.54, 1.807) is 24.3 Å². The summed E-state index contributed by atoms with van der Waals surface area (Å²) in [6.07, 6.45) is 1.28. The Hall–Kier alpha value is -5.13. The lowest BCUT2D eigenvalue weighted by atomic mass is 10.0. The number of hydrogen-bond donors (Lipinski definition) is 4. The van der Waals surface area contributed by atoms with E-state index in [1.165, 1.54) is 17.9 Å². The first-order valence-corrected chi connectivity index (χ1v) is 16.5. The Bertz CT molecular complexity index is 1610. The predicted octanol–water partition coefficient (Wildman–Crippen LogP) is 3.89. The van der Waals surface area contributed by atoms with Gasteiger partial charge in [-0.05, 0) is 67.5 Å². The van der Waals surface area contributed by atoms with Gasteiger partial charge in [0.15, 0.2) is 0 Å². The van der Waals surface area contributed by atoms with Crippen molar-refractivity contribution in [2.24, 2.45) is 5.92 Å². The number of nitrogens with one attached hydrogen (secondary N) is 4. The highest BCUT2D eigenvalue weighted by Gasteiger charge is 2.30. The number of halogens is 2. The second kappa shape index (κ2) is 17.3. The van der Waals surface area contributed by atoms with E-state index in [2.05, 4.69) is 21.3 Å². The summed E-state index contributed by atoms with van der Waals surface area (Å²) in [5, 5.41) is 11.0. The summed E-state index contributed by atoms with van der Waals surface area (Å²) in [6, 6.07) is 15.8. The SMILES string of the molecule is CC(C)C[C@@H]1NC(=O)[C@@H](Cc2ccccc2)NC(=O)c2ccc(cc2)CN(C(=O)c2c(F)cccc2F)CCCCNC(=O)[C@@H](C)NC1=O. The summed E-state index contributed by atoms with van der Waals surface area (Å²) in [6.45, 7) is 5.70. The van der Waals surface area contributed by atoms with Gasteiger partial charge < -0.3 is 26.2 Å². The fourth-order valence-electron chi connectivity index (χ4n) is 5.54. The number of amides is 5. The van der Waals surface area contributed by atoms with Crippen LogP contribution in [-0.4, -0.2) is 65.7 Å². The van der Waals surface area contributed by atoms with E-state index in [0.717, 1.165) is 17.7 Å².